The summed E-state index contributed by atoms with van der Waals surface area (Å²) < 4.78 is 1.96. The van der Waals surface area contributed by atoms with Crippen LogP contribution in [0.4, 0.5) is 0 Å². The topological polar surface area (TPSA) is 46.9 Å². The molecule has 2 unspecified atom stereocenters. The molecule has 0 aliphatic carbocycles. The molecule has 0 spiro atoms. The lowest BCUT2D eigenvalue weighted by molar-refractivity contribution is -0.125. The molecule has 1 aliphatic heterocycles. The Morgan fingerprint density at radius 1 is 1.50 bits per heavy atom. The van der Waals surface area contributed by atoms with Crippen molar-refractivity contribution in [2.45, 2.75) is 31.2 Å². The van der Waals surface area contributed by atoms with E-state index in [1.807, 2.05) is 23.6 Å². The van der Waals surface area contributed by atoms with Crippen LogP contribution < -0.4 is 5.32 Å². The van der Waals surface area contributed by atoms with Crippen molar-refractivity contribution < 1.29 is 4.79 Å². The molecule has 1 aromatic carbocycles. The summed E-state index contributed by atoms with van der Waals surface area (Å²) in [5.74, 6) is 0.745. The maximum Gasteiger partial charge on any atom is 0.243 e. The average molecular weight is 312 g/mol. The van der Waals surface area contributed by atoms with Crippen molar-refractivity contribution in [1.29, 1.82) is 0 Å². The first-order chi connectivity index (χ1) is 9.58. The van der Waals surface area contributed by atoms with Gasteiger partial charge < -0.3 is 9.88 Å². The van der Waals surface area contributed by atoms with Gasteiger partial charge in [0.2, 0.25) is 5.91 Å². The van der Waals surface area contributed by atoms with Gasteiger partial charge in [0.05, 0.1) is 16.4 Å². The summed E-state index contributed by atoms with van der Waals surface area (Å²) in [6.07, 6.45) is 1.76. The van der Waals surface area contributed by atoms with Crippen LogP contribution in [-0.4, -0.2) is 22.0 Å². The van der Waals surface area contributed by atoms with Gasteiger partial charge in [0.1, 0.15) is 11.9 Å². The second-order valence-electron chi connectivity index (χ2n) is 5.04. The summed E-state index contributed by atoms with van der Waals surface area (Å²) in [7, 11) is 0. The van der Waals surface area contributed by atoms with Gasteiger partial charge in [-0.1, -0.05) is 11.6 Å². The zero-order valence-electron chi connectivity index (χ0n) is 11.1. The number of rotatable bonds is 2. The van der Waals surface area contributed by atoms with Crippen molar-refractivity contribution in [3.63, 3.8) is 0 Å². The number of nitrogens with one attached hydrogen (secondary N) is 1. The van der Waals surface area contributed by atoms with Crippen molar-refractivity contribution in [1.82, 2.24) is 14.9 Å². The minimum Gasteiger partial charge on any atom is -0.354 e. The minimum atomic E-state index is -0.268. The maximum atomic E-state index is 12.1. The first-order valence-electron chi connectivity index (χ1n) is 6.67. The second kappa shape index (κ2) is 5.26. The van der Waals surface area contributed by atoms with Crippen molar-refractivity contribution in [2.75, 3.05) is 6.54 Å². The molecule has 106 valence electrons. The largest absolute Gasteiger partial charge is 0.354 e. The highest BCUT2D eigenvalue weighted by Gasteiger charge is 2.29. The number of aromatic nitrogens is 2. The molecule has 1 saturated heterocycles. The van der Waals surface area contributed by atoms with E-state index in [-0.39, 0.29) is 17.3 Å². The van der Waals surface area contributed by atoms with Crippen LogP contribution >= 0.6 is 23.2 Å². The lowest BCUT2D eigenvalue weighted by Crippen LogP contribution is -2.38. The van der Waals surface area contributed by atoms with Crippen LogP contribution in [0.15, 0.2) is 18.2 Å². The summed E-state index contributed by atoms with van der Waals surface area (Å²) in [5.41, 5.74) is 1.68. The number of carbonyl (C=O) groups is 1. The number of fused-ring (bicyclic) bond motifs is 1. The van der Waals surface area contributed by atoms with Crippen molar-refractivity contribution in [3.8, 4) is 0 Å². The molecule has 2 aromatic rings. The van der Waals surface area contributed by atoms with Crippen molar-refractivity contribution >= 4 is 40.1 Å². The van der Waals surface area contributed by atoms with Crippen LogP contribution in [0, 0.1) is 0 Å². The maximum absolute atomic E-state index is 12.1. The molecule has 0 radical (unpaired) electrons. The zero-order valence-corrected chi connectivity index (χ0v) is 12.6. The molecule has 1 aromatic heterocycles. The van der Waals surface area contributed by atoms with Gasteiger partial charge in [-0.2, -0.15) is 0 Å². The standard InChI is InChI=1S/C14H15Cl2N3O/c1-8(15)13-18-10-7-9(16)4-5-11(10)19(13)12-3-2-6-17-14(12)20/h4-5,7-8,12H,2-3,6H2,1H3,(H,17,20). The number of alkyl halides is 1. The van der Waals surface area contributed by atoms with Crippen LogP contribution in [-0.2, 0) is 4.79 Å². The number of imidazole rings is 1. The van der Waals surface area contributed by atoms with Gasteiger partial charge in [-0.15, -0.1) is 11.6 Å². The Labute approximate surface area is 127 Å². The van der Waals surface area contributed by atoms with Crippen LogP contribution in [0.5, 0.6) is 0 Å². The first kappa shape index (κ1) is 13.7. The lowest BCUT2D eigenvalue weighted by Gasteiger charge is -2.25. The number of amides is 1. The first-order valence-corrected chi connectivity index (χ1v) is 7.48. The third kappa shape index (κ3) is 2.27. The summed E-state index contributed by atoms with van der Waals surface area (Å²) in [6, 6.07) is 5.27. The highest BCUT2D eigenvalue weighted by molar-refractivity contribution is 6.31. The third-order valence-electron chi connectivity index (χ3n) is 3.60. The van der Waals surface area contributed by atoms with Crippen molar-refractivity contribution in [3.05, 3.63) is 29.0 Å². The smallest absolute Gasteiger partial charge is 0.243 e. The SMILES string of the molecule is CC(Cl)c1nc2cc(Cl)ccc2n1C1CCCNC1=O. The normalized spacial score (nSPS) is 20.9. The molecular weight excluding hydrogens is 297 g/mol. The average Bonchev–Trinajstić information content (AvgIpc) is 2.78. The van der Waals surface area contributed by atoms with E-state index in [4.69, 9.17) is 23.2 Å². The minimum absolute atomic E-state index is 0.0315. The molecule has 1 amide bonds. The number of hydrogen-bond acceptors (Lipinski definition) is 2. The molecule has 0 saturated carbocycles. The summed E-state index contributed by atoms with van der Waals surface area (Å²) >= 11 is 12.3. The number of benzene rings is 1. The van der Waals surface area contributed by atoms with Gasteiger partial charge in [-0.05, 0) is 38.0 Å². The van der Waals surface area contributed by atoms with E-state index in [1.54, 1.807) is 6.07 Å². The molecule has 6 heteroatoms. The highest BCUT2D eigenvalue weighted by Crippen LogP contribution is 2.32. The second-order valence-corrected chi connectivity index (χ2v) is 6.13. The molecule has 2 atom stereocenters. The molecule has 4 nitrogen and oxygen atoms in total. The number of hydrogen-bond donors (Lipinski definition) is 1. The number of carbonyl (C=O) groups excluding carboxylic acids is 1. The Morgan fingerprint density at radius 3 is 3.00 bits per heavy atom. The fourth-order valence-corrected chi connectivity index (χ4v) is 3.02. The Bertz CT molecular complexity index is 666. The molecule has 1 fully saturated rings. The van der Waals surface area contributed by atoms with Gasteiger partial charge >= 0.3 is 0 Å². The Balaban J connectivity index is 2.20. The fraction of sp³-hybridized carbons (Fsp3) is 0.429. The molecule has 0 bridgehead atoms. The van der Waals surface area contributed by atoms with Crippen LogP contribution in [0.3, 0.4) is 0 Å². The van der Waals surface area contributed by atoms with Crippen LogP contribution in [0.25, 0.3) is 11.0 Å². The fourth-order valence-electron chi connectivity index (χ4n) is 2.70. The monoisotopic (exact) mass is 311 g/mol. The zero-order chi connectivity index (χ0) is 14.3. The number of halogens is 2. The summed E-state index contributed by atoms with van der Waals surface area (Å²) in [4.78, 5) is 16.7. The van der Waals surface area contributed by atoms with Gasteiger partial charge in [0.15, 0.2) is 0 Å². The van der Waals surface area contributed by atoms with Crippen LogP contribution in [0.1, 0.15) is 37.0 Å². The van der Waals surface area contributed by atoms with Gasteiger partial charge in [0.25, 0.3) is 0 Å². The Morgan fingerprint density at radius 2 is 2.30 bits per heavy atom. The molecule has 3 rings (SSSR count). The number of nitrogens with zero attached hydrogens (tertiary/aromatic N) is 2. The van der Waals surface area contributed by atoms with E-state index in [9.17, 15) is 4.79 Å². The lowest BCUT2D eigenvalue weighted by atomic mass is 10.1. The molecule has 1 aliphatic rings. The third-order valence-corrected chi connectivity index (χ3v) is 4.03. The summed E-state index contributed by atoms with van der Waals surface area (Å²) in [6.45, 7) is 2.60. The highest BCUT2D eigenvalue weighted by atomic mass is 35.5. The van der Waals surface area contributed by atoms with E-state index in [0.29, 0.717) is 10.8 Å². The van der Waals surface area contributed by atoms with Crippen LogP contribution in [0.2, 0.25) is 5.02 Å². The predicted molar refractivity (Wildman–Crippen MR) is 80.3 cm³/mol. The van der Waals surface area contributed by atoms with E-state index in [0.717, 1.165) is 30.4 Å². The van der Waals surface area contributed by atoms with Crippen molar-refractivity contribution in [2.24, 2.45) is 0 Å². The number of piperidine rings is 1. The molecular formula is C14H15Cl2N3O. The Hall–Kier alpha value is -1.26. The quantitative estimate of drug-likeness (QED) is 0.864. The van der Waals surface area contributed by atoms with E-state index in [1.165, 1.54) is 0 Å². The van der Waals surface area contributed by atoms with Gasteiger partial charge in [-0.3, -0.25) is 4.79 Å². The van der Waals surface area contributed by atoms with E-state index >= 15 is 0 Å². The van der Waals surface area contributed by atoms with E-state index in [2.05, 4.69) is 10.3 Å². The van der Waals surface area contributed by atoms with Gasteiger partial charge in [-0.25, -0.2) is 4.98 Å². The van der Waals surface area contributed by atoms with Gasteiger partial charge in [0, 0.05) is 11.6 Å². The predicted octanol–water partition coefficient (Wildman–Crippen LogP) is 3.44. The molecule has 20 heavy (non-hydrogen) atoms. The summed E-state index contributed by atoms with van der Waals surface area (Å²) in [5, 5.41) is 3.27. The molecule has 2 heterocycles. The Kier molecular flexibility index (Phi) is 3.61. The molecule has 1 N–H and O–H groups in total. The van der Waals surface area contributed by atoms with E-state index < -0.39 is 0 Å².